The Balaban J connectivity index is 2.87. The summed E-state index contributed by atoms with van der Waals surface area (Å²) in [5.74, 6) is 0. The maximum Gasteiger partial charge on any atom is 0.404 e. The molecule has 0 aliphatic heterocycles. The van der Waals surface area contributed by atoms with E-state index in [9.17, 15) is 4.79 Å². The number of carbonyl (C=O) groups is 1. The van der Waals surface area contributed by atoms with Gasteiger partial charge in [-0.3, -0.25) is 0 Å². The molecule has 0 atom stereocenters. The summed E-state index contributed by atoms with van der Waals surface area (Å²) in [6.45, 7) is 4.72. The standard InChI is InChI=1S/C9H20N2O2/c1-2-6-11-7-4-3-5-8-13-9(10)12/h11H,2-8H2,1H3,(H2,10,12). The van der Waals surface area contributed by atoms with Gasteiger partial charge in [-0.25, -0.2) is 4.79 Å². The molecule has 0 heterocycles. The van der Waals surface area contributed by atoms with Crippen molar-refractivity contribution in [2.24, 2.45) is 5.73 Å². The van der Waals surface area contributed by atoms with E-state index >= 15 is 0 Å². The molecule has 0 saturated heterocycles. The highest BCUT2D eigenvalue weighted by Gasteiger charge is 1.93. The molecule has 0 aliphatic rings. The molecule has 0 radical (unpaired) electrons. The summed E-state index contributed by atoms with van der Waals surface area (Å²) in [7, 11) is 0. The molecule has 0 unspecified atom stereocenters. The Morgan fingerprint density at radius 1 is 1.31 bits per heavy atom. The molecule has 3 N–H and O–H groups in total. The molecule has 0 saturated carbocycles. The number of ether oxygens (including phenoxy) is 1. The summed E-state index contributed by atoms with van der Waals surface area (Å²) in [4.78, 5) is 10.2. The highest BCUT2D eigenvalue weighted by Crippen LogP contribution is 1.94. The Morgan fingerprint density at radius 3 is 2.69 bits per heavy atom. The first-order valence-electron chi connectivity index (χ1n) is 4.90. The van der Waals surface area contributed by atoms with Crippen LogP contribution < -0.4 is 11.1 Å². The third kappa shape index (κ3) is 11.2. The van der Waals surface area contributed by atoms with Crippen molar-refractivity contribution in [2.45, 2.75) is 32.6 Å². The van der Waals surface area contributed by atoms with E-state index in [2.05, 4.69) is 17.0 Å². The van der Waals surface area contributed by atoms with Crippen molar-refractivity contribution >= 4 is 6.09 Å². The van der Waals surface area contributed by atoms with Crippen LogP contribution in [0.5, 0.6) is 0 Å². The van der Waals surface area contributed by atoms with Gasteiger partial charge in [0.2, 0.25) is 0 Å². The zero-order chi connectivity index (χ0) is 9.94. The first-order valence-corrected chi connectivity index (χ1v) is 4.90. The fourth-order valence-electron chi connectivity index (χ4n) is 1.00. The molecule has 0 bridgehead atoms. The summed E-state index contributed by atoms with van der Waals surface area (Å²) in [5.41, 5.74) is 4.80. The molecular weight excluding hydrogens is 168 g/mol. The normalized spacial score (nSPS) is 9.92. The van der Waals surface area contributed by atoms with E-state index < -0.39 is 6.09 Å². The molecule has 0 rings (SSSR count). The second-order valence-corrected chi connectivity index (χ2v) is 2.98. The minimum absolute atomic E-state index is 0.448. The molecule has 4 nitrogen and oxygen atoms in total. The summed E-state index contributed by atoms with van der Waals surface area (Å²) >= 11 is 0. The molecule has 0 aromatic carbocycles. The predicted octanol–water partition coefficient (Wildman–Crippen LogP) is 1.25. The molecule has 0 spiro atoms. The van der Waals surface area contributed by atoms with Crippen molar-refractivity contribution < 1.29 is 9.53 Å². The molecule has 0 aromatic rings. The van der Waals surface area contributed by atoms with Crippen LogP contribution in [0.2, 0.25) is 0 Å². The van der Waals surface area contributed by atoms with Crippen molar-refractivity contribution in [3.8, 4) is 0 Å². The maximum absolute atomic E-state index is 10.2. The van der Waals surface area contributed by atoms with Crippen LogP contribution in [0, 0.1) is 0 Å². The number of rotatable bonds is 8. The molecule has 0 aliphatic carbocycles. The van der Waals surface area contributed by atoms with E-state index in [-0.39, 0.29) is 0 Å². The second-order valence-electron chi connectivity index (χ2n) is 2.98. The molecule has 13 heavy (non-hydrogen) atoms. The largest absolute Gasteiger partial charge is 0.450 e. The van der Waals surface area contributed by atoms with Crippen LogP contribution in [-0.2, 0) is 4.74 Å². The van der Waals surface area contributed by atoms with Gasteiger partial charge < -0.3 is 15.8 Å². The van der Waals surface area contributed by atoms with Gasteiger partial charge >= 0.3 is 6.09 Å². The molecular formula is C9H20N2O2. The van der Waals surface area contributed by atoms with Gasteiger partial charge in [0.1, 0.15) is 0 Å². The molecule has 1 amide bonds. The van der Waals surface area contributed by atoms with Crippen LogP contribution in [0.4, 0.5) is 4.79 Å². The molecule has 0 fully saturated rings. The lowest BCUT2D eigenvalue weighted by molar-refractivity contribution is 0.154. The van der Waals surface area contributed by atoms with E-state index in [0.29, 0.717) is 6.61 Å². The Morgan fingerprint density at radius 2 is 2.08 bits per heavy atom. The van der Waals surface area contributed by atoms with Gasteiger partial charge in [0.15, 0.2) is 0 Å². The third-order valence-corrected chi connectivity index (χ3v) is 1.67. The summed E-state index contributed by atoms with van der Waals surface area (Å²) < 4.78 is 4.59. The van der Waals surface area contributed by atoms with Gasteiger partial charge in [-0.05, 0) is 38.8 Å². The number of primary amides is 1. The highest BCUT2D eigenvalue weighted by molar-refractivity contribution is 5.64. The highest BCUT2D eigenvalue weighted by atomic mass is 16.5. The molecule has 0 aromatic heterocycles. The van der Waals surface area contributed by atoms with Crippen LogP contribution in [0.15, 0.2) is 0 Å². The van der Waals surface area contributed by atoms with Crippen molar-refractivity contribution in [3.05, 3.63) is 0 Å². The molecule has 78 valence electrons. The Hall–Kier alpha value is -0.770. The number of hydrogen-bond acceptors (Lipinski definition) is 3. The number of nitrogens with two attached hydrogens (primary N) is 1. The number of unbranched alkanes of at least 4 members (excludes halogenated alkanes) is 2. The monoisotopic (exact) mass is 188 g/mol. The zero-order valence-corrected chi connectivity index (χ0v) is 8.34. The Bertz CT molecular complexity index is 129. The van der Waals surface area contributed by atoms with Crippen molar-refractivity contribution in [2.75, 3.05) is 19.7 Å². The van der Waals surface area contributed by atoms with E-state index in [0.717, 1.165) is 32.4 Å². The summed E-state index contributed by atoms with van der Waals surface area (Å²) in [5, 5.41) is 3.30. The van der Waals surface area contributed by atoms with E-state index in [1.165, 1.54) is 6.42 Å². The summed E-state index contributed by atoms with van der Waals surface area (Å²) in [6, 6.07) is 0. The van der Waals surface area contributed by atoms with Crippen molar-refractivity contribution in [3.63, 3.8) is 0 Å². The topological polar surface area (TPSA) is 64.3 Å². The van der Waals surface area contributed by atoms with Crippen LogP contribution in [0.3, 0.4) is 0 Å². The average molecular weight is 188 g/mol. The smallest absolute Gasteiger partial charge is 0.404 e. The van der Waals surface area contributed by atoms with Gasteiger partial charge in [-0.2, -0.15) is 0 Å². The second kappa shape index (κ2) is 9.32. The Kier molecular flexibility index (Phi) is 8.77. The van der Waals surface area contributed by atoms with E-state index in [4.69, 9.17) is 5.73 Å². The zero-order valence-electron chi connectivity index (χ0n) is 8.34. The van der Waals surface area contributed by atoms with Crippen molar-refractivity contribution in [1.29, 1.82) is 0 Å². The maximum atomic E-state index is 10.2. The number of carbonyl (C=O) groups excluding carboxylic acids is 1. The van der Waals surface area contributed by atoms with E-state index in [1.807, 2.05) is 0 Å². The van der Waals surface area contributed by atoms with Gasteiger partial charge in [0.05, 0.1) is 6.61 Å². The third-order valence-electron chi connectivity index (χ3n) is 1.67. The van der Waals surface area contributed by atoms with Gasteiger partial charge in [0.25, 0.3) is 0 Å². The van der Waals surface area contributed by atoms with Crippen LogP contribution in [-0.4, -0.2) is 25.8 Å². The lowest BCUT2D eigenvalue weighted by Crippen LogP contribution is -2.16. The number of amides is 1. The minimum Gasteiger partial charge on any atom is -0.450 e. The van der Waals surface area contributed by atoms with Gasteiger partial charge in [-0.15, -0.1) is 0 Å². The lowest BCUT2D eigenvalue weighted by atomic mass is 10.2. The van der Waals surface area contributed by atoms with E-state index in [1.54, 1.807) is 0 Å². The number of hydrogen-bond donors (Lipinski definition) is 2. The van der Waals surface area contributed by atoms with Crippen LogP contribution >= 0.6 is 0 Å². The lowest BCUT2D eigenvalue weighted by Gasteiger charge is -2.03. The SMILES string of the molecule is CCCNCCCCCOC(N)=O. The Labute approximate surface area is 79.8 Å². The van der Waals surface area contributed by atoms with Gasteiger partial charge in [-0.1, -0.05) is 6.92 Å². The summed E-state index contributed by atoms with van der Waals surface area (Å²) in [6.07, 6.45) is 3.59. The van der Waals surface area contributed by atoms with Gasteiger partial charge in [0, 0.05) is 0 Å². The van der Waals surface area contributed by atoms with Crippen LogP contribution in [0.25, 0.3) is 0 Å². The number of nitrogens with one attached hydrogen (secondary N) is 1. The minimum atomic E-state index is -0.677. The quantitative estimate of drug-likeness (QED) is 0.563. The first-order chi connectivity index (χ1) is 6.27. The predicted molar refractivity (Wildman–Crippen MR) is 52.5 cm³/mol. The fourth-order valence-corrected chi connectivity index (χ4v) is 1.00. The average Bonchev–Trinajstić information content (AvgIpc) is 2.09. The molecule has 4 heteroatoms. The fraction of sp³-hybridized carbons (Fsp3) is 0.889. The first kappa shape index (κ1) is 12.2. The van der Waals surface area contributed by atoms with Crippen LogP contribution in [0.1, 0.15) is 32.6 Å². The van der Waals surface area contributed by atoms with Crippen molar-refractivity contribution in [1.82, 2.24) is 5.32 Å².